The molecule has 0 fully saturated rings. The summed E-state index contributed by atoms with van der Waals surface area (Å²) in [5.41, 5.74) is 1.34. The normalized spacial score (nSPS) is 11.5. The van der Waals surface area contributed by atoms with Crippen molar-refractivity contribution in [3.8, 4) is 5.75 Å². The Hall–Kier alpha value is -3.11. The molecular formula is C22H17ClO4. The van der Waals surface area contributed by atoms with Crippen LogP contribution in [0.25, 0.3) is 0 Å². The number of carbonyl (C=O) groups excluding carboxylic acids is 2. The van der Waals surface area contributed by atoms with E-state index in [1.165, 1.54) is 0 Å². The first-order valence-corrected chi connectivity index (χ1v) is 8.66. The van der Waals surface area contributed by atoms with Crippen molar-refractivity contribution in [2.45, 2.75) is 6.10 Å². The Balaban J connectivity index is 1.89. The summed E-state index contributed by atoms with van der Waals surface area (Å²) in [5.74, 6) is -0.281. The first-order valence-electron chi connectivity index (χ1n) is 8.28. The minimum absolute atomic E-state index is 0.320. The lowest BCUT2D eigenvalue weighted by molar-refractivity contribution is 0.0280. The van der Waals surface area contributed by atoms with E-state index in [1.54, 1.807) is 79.9 Å². The molecule has 4 nitrogen and oxygen atoms in total. The molecule has 0 aliphatic carbocycles. The second-order valence-corrected chi connectivity index (χ2v) is 6.23. The largest absolute Gasteiger partial charge is 0.497 e. The summed E-state index contributed by atoms with van der Waals surface area (Å²) in [7, 11) is 1.55. The van der Waals surface area contributed by atoms with Crippen molar-refractivity contribution in [1.29, 1.82) is 0 Å². The Morgan fingerprint density at radius 1 is 0.815 bits per heavy atom. The molecule has 3 aromatic carbocycles. The van der Waals surface area contributed by atoms with Crippen molar-refractivity contribution in [1.82, 2.24) is 0 Å². The lowest BCUT2D eigenvalue weighted by Gasteiger charge is -2.17. The fourth-order valence-electron chi connectivity index (χ4n) is 2.57. The van der Waals surface area contributed by atoms with Crippen LogP contribution in [0.3, 0.4) is 0 Å². The van der Waals surface area contributed by atoms with E-state index in [0.29, 0.717) is 27.5 Å². The highest BCUT2D eigenvalue weighted by Crippen LogP contribution is 2.25. The number of hydrogen-bond acceptors (Lipinski definition) is 4. The summed E-state index contributed by atoms with van der Waals surface area (Å²) in [6.45, 7) is 0. The molecule has 0 N–H and O–H groups in total. The average Bonchev–Trinajstić information content (AvgIpc) is 2.72. The molecule has 0 bridgehead atoms. The van der Waals surface area contributed by atoms with Crippen LogP contribution in [0.2, 0.25) is 5.02 Å². The number of hydrogen-bond donors (Lipinski definition) is 0. The fourth-order valence-corrected chi connectivity index (χ4v) is 2.69. The lowest BCUT2D eigenvalue weighted by Crippen LogP contribution is -2.20. The second kappa shape index (κ2) is 8.52. The van der Waals surface area contributed by atoms with Crippen molar-refractivity contribution < 1.29 is 19.1 Å². The van der Waals surface area contributed by atoms with Gasteiger partial charge in [0, 0.05) is 16.1 Å². The number of esters is 1. The molecule has 0 aliphatic rings. The molecule has 3 aromatic rings. The minimum atomic E-state index is -1.05. The second-order valence-electron chi connectivity index (χ2n) is 5.80. The summed E-state index contributed by atoms with van der Waals surface area (Å²) in [6, 6.07) is 21.9. The van der Waals surface area contributed by atoms with Crippen molar-refractivity contribution in [3.63, 3.8) is 0 Å². The summed E-state index contributed by atoms with van der Waals surface area (Å²) in [6.07, 6.45) is -1.05. The van der Waals surface area contributed by atoms with Crippen LogP contribution < -0.4 is 4.74 Å². The molecule has 27 heavy (non-hydrogen) atoms. The molecule has 0 saturated heterocycles. The molecular weight excluding hydrogens is 364 g/mol. The molecule has 0 aliphatic heterocycles. The number of Topliss-reactive ketones (excluding diaryl/α,β-unsaturated/α-hetero) is 1. The zero-order valence-corrected chi connectivity index (χ0v) is 15.3. The predicted molar refractivity (Wildman–Crippen MR) is 103 cm³/mol. The van der Waals surface area contributed by atoms with Crippen molar-refractivity contribution in [3.05, 3.63) is 101 Å². The van der Waals surface area contributed by atoms with Crippen LogP contribution in [0.15, 0.2) is 78.9 Å². The molecule has 1 unspecified atom stereocenters. The van der Waals surface area contributed by atoms with Crippen LogP contribution in [0, 0.1) is 0 Å². The van der Waals surface area contributed by atoms with Gasteiger partial charge in [-0.15, -0.1) is 0 Å². The molecule has 0 spiro atoms. The molecule has 0 heterocycles. The number of benzene rings is 3. The van der Waals surface area contributed by atoms with Gasteiger partial charge in [-0.05, 0) is 48.5 Å². The van der Waals surface area contributed by atoms with Crippen molar-refractivity contribution >= 4 is 23.4 Å². The summed E-state index contributed by atoms with van der Waals surface area (Å²) in [4.78, 5) is 25.6. The van der Waals surface area contributed by atoms with Crippen molar-refractivity contribution in [2.75, 3.05) is 7.11 Å². The number of carbonyl (C=O) groups is 2. The molecule has 3 rings (SSSR count). The lowest BCUT2D eigenvalue weighted by atomic mass is 9.99. The van der Waals surface area contributed by atoms with Crippen LogP contribution in [-0.4, -0.2) is 18.9 Å². The standard InChI is InChI=1S/C22H17ClO4/c1-26-19-13-9-17(10-14-19)22(25)27-21(16-5-3-2-4-6-16)20(24)15-7-11-18(23)12-8-15/h2-14,21H,1H3. The maximum atomic E-state index is 13.0. The maximum Gasteiger partial charge on any atom is 0.339 e. The van der Waals surface area contributed by atoms with Gasteiger partial charge in [0.05, 0.1) is 12.7 Å². The molecule has 0 saturated carbocycles. The van der Waals surface area contributed by atoms with Gasteiger partial charge in [-0.2, -0.15) is 0 Å². The Morgan fingerprint density at radius 2 is 1.41 bits per heavy atom. The molecule has 5 heteroatoms. The van der Waals surface area contributed by atoms with Crippen LogP contribution in [0.4, 0.5) is 0 Å². The van der Waals surface area contributed by atoms with Gasteiger partial charge < -0.3 is 9.47 Å². The van der Waals surface area contributed by atoms with E-state index in [2.05, 4.69) is 0 Å². The maximum absolute atomic E-state index is 13.0. The number of rotatable bonds is 6. The van der Waals surface area contributed by atoms with Crippen molar-refractivity contribution in [2.24, 2.45) is 0 Å². The summed E-state index contributed by atoms with van der Waals surface area (Å²) >= 11 is 5.90. The Morgan fingerprint density at radius 3 is 2.00 bits per heavy atom. The summed E-state index contributed by atoms with van der Waals surface area (Å²) < 4.78 is 10.7. The Kier molecular flexibility index (Phi) is 5.89. The van der Waals surface area contributed by atoms with E-state index in [4.69, 9.17) is 21.1 Å². The monoisotopic (exact) mass is 380 g/mol. The Bertz CT molecular complexity index is 919. The number of ketones is 1. The number of halogens is 1. The van der Waals surface area contributed by atoms with Crippen LogP contribution in [-0.2, 0) is 4.74 Å². The van der Waals surface area contributed by atoms with E-state index in [9.17, 15) is 9.59 Å². The van der Waals surface area contributed by atoms with Gasteiger partial charge in [-0.3, -0.25) is 4.79 Å². The highest BCUT2D eigenvalue weighted by molar-refractivity contribution is 6.30. The zero-order chi connectivity index (χ0) is 19.2. The number of ether oxygens (including phenoxy) is 2. The van der Waals surface area contributed by atoms with Gasteiger partial charge >= 0.3 is 5.97 Å². The zero-order valence-electron chi connectivity index (χ0n) is 14.6. The van der Waals surface area contributed by atoms with E-state index in [0.717, 1.165) is 0 Å². The molecule has 0 aromatic heterocycles. The summed E-state index contributed by atoms with van der Waals surface area (Å²) in [5, 5.41) is 0.526. The highest BCUT2D eigenvalue weighted by Gasteiger charge is 2.26. The topological polar surface area (TPSA) is 52.6 Å². The quantitative estimate of drug-likeness (QED) is 0.439. The Labute approximate surface area is 162 Å². The third kappa shape index (κ3) is 4.54. The fraction of sp³-hybridized carbons (Fsp3) is 0.0909. The molecule has 1 atom stereocenters. The molecule has 136 valence electrons. The smallest absolute Gasteiger partial charge is 0.339 e. The van der Waals surface area contributed by atoms with Crippen LogP contribution >= 0.6 is 11.6 Å². The van der Waals surface area contributed by atoms with Gasteiger partial charge in [-0.25, -0.2) is 4.79 Å². The molecule has 0 radical (unpaired) electrons. The SMILES string of the molecule is COc1ccc(C(=O)OC(C(=O)c2ccc(Cl)cc2)c2ccccc2)cc1. The van der Waals surface area contributed by atoms with Crippen LogP contribution in [0.1, 0.15) is 32.4 Å². The number of methoxy groups -OCH3 is 1. The first kappa shape index (κ1) is 18.7. The molecule has 0 amide bonds. The minimum Gasteiger partial charge on any atom is -0.497 e. The highest BCUT2D eigenvalue weighted by atomic mass is 35.5. The van der Waals surface area contributed by atoms with E-state index in [1.807, 2.05) is 6.07 Å². The van der Waals surface area contributed by atoms with Gasteiger partial charge in [0.15, 0.2) is 6.10 Å². The first-order chi connectivity index (χ1) is 13.1. The third-order valence-electron chi connectivity index (χ3n) is 4.02. The third-order valence-corrected chi connectivity index (χ3v) is 4.27. The van der Waals surface area contributed by atoms with Gasteiger partial charge in [0.2, 0.25) is 5.78 Å². The van der Waals surface area contributed by atoms with Gasteiger partial charge in [0.1, 0.15) is 5.75 Å². The van der Waals surface area contributed by atoms with E-state index in [-0.39, 0.29) is 5.78 Å². The van der Waals surface area contributed by atoms with Gasteiger partial charge in [-0.1, -0.05) is 41.9 Å². The van der Waals surface area contributed by atoms with Gasteiger partial charge in [0.25, 0.3) is 0 Å². The van der Waals surface area contributed by atoms with E-state index < -0.39 is 12.1 Å². The predicted octanol–water partition coefficient (Wildman–Crippen LogP) is 5.13. The van der Waals surface area contributed by atoms with E-state index >= 15 is 0 Å². The average molecular weight is 381 g/mol. The van der Waals surface area contributed by atoms with Crippen LogP contribution in [0.5, 0.6) is 5.75 Å².